The average molecular weight is 385 g/mol. The summed E-state index contributed by atoms with van der Waals surface area (Å²) in [5.41, 5.74) is 1.12. The number of carbonyl (C=O) groups excluding carboxylic acids is 1. The predicted octanol–water partition coefficient (Wildman–Crippen LogP) is 3.88. The largest absolute Gasteiger partial charge is 0.302 e. The van der Waals surface area contributed by atoms with Crippen molar-refractivity contribution >= 4 is 46.5 Å². The van der Waals surface area contributed by atoms with Gasteiger partial charge in [0.25, 0.3) is 5.91 Å². The van der Waals surface area contributed by atoms with Crippen molar-refractivity contribution in [2.24, 2.45) is 7.05 Å². The van der Waals surface area contributed by atoms with Gasteiger partial charge in [0.2, 0.25) is 0 Å². The van der Waals surface area contributed by atoms with Crippen molar-refractivity contribution in [3.8, 4) is 0 Å². The molecule has 0 fully saturated rings. The minimum absolute atomic E-state index is 0.256. The molecule has 2 heterocycles. The molecule has 3 aromatic rings. The van der Waals surface area contributed by atoms with Gasteiger partial charge < -0.3 is 5.32 Å². The molecule has 0 saturated carbocycles. The van der Waals surface area contributed by atoms with Gasteiger partial charge in [-0.25, -0.2) is 0 Å². The van der Waals surface area contributed by atoms with E-state index in [-0.39, 0.29) is 11.7 Å². The molecule has 2 aromatic heterocycles. The van der Waals surface area contributed by atoms with E-state index in [9.17, 15) is 4.79 Å². The molecule has 0 aliphatic heterocycles. The molecule has 3 rings (SSSR count). The van der Waals surface area contributed by atoms with Crippen LogP contribution in [0.2, 0.25) is 15.1 Å². The Morgan fingerprint density at radius 1 is 1.17 bits per heavy atom. The van der Waals surface area contributed by atoms with Crippen LogP contribution in [0.25, 0.3) is 0 Å². The Morgan fingerprint density at radius 3 is 2.50 bits per heavy atom. The lowest BCUT2D eigenvalue weighted by Crippen LogP contribution is -2.17. The predicted molar refractivity (Wildman–Crippen MR) is 94.0 cm³/mol. The summed E-state index contributed by atoms with van der Waals surface area (Å²) in [6.45, 7) is 0.333. The first-order valence-electron chi connectivity index (χ1n) is 6.91. The Morgan fingerprint density at radius 2 is 1.88 bits per heavy atom. The molecule has 9 heteroatoms. The lowest BCUT2D eigenvalue weighted by molar-refractivity contribution is 0.101. The van der Waals surface area contributed by atoms with Gasteiger partial charge in [-0.1, -0.05) is 40.9 Å². The van der Waals surface area contributed by atoms with Crippen LogP contribution in [0.4, 0.5) is 5.82 Å². The molecule has 1 amide bonds. The third-order valence-corrected chi connectivity index (χ3v) is 4.37. The van der Waals surface area contributed by atoms with Gasteiger partial charge in [0.1, 0.15) is 10.7 Å². The molecule has 0 aliphatic carbocycles. The minimum Gasteiger partial charge on any atom is -0.302 e. The topological polar surface area (TPSA) is 64.7 Å². The summed E-state index contributed by atoms with van der Waals surface area (Å²) in [6, 6.07) is 6.87. The molecular formula is C15H12Cl3N5O. The molecule has 0 spiro atoms. The number of amides is 1. The Labute approximate surface area is 152 Å². The van der Waals surface area contributed by atoms with Gasteiger partial charge in [-0.05, 0) is 18.2 Å². The number of nitrogens with zero attached hydrogens (tertiary/aromatic N) is 4. The number of anilines is 1. The van der Waals surface area contributed by atoms with Crippen molar-refractivity contribution in [3.63, 3.8) is 0 Å². The van der Waals surface area contributed by atoms with Crippen molar-refractivity contribution < 1.29 is 4.79 Å². The monoisotopic (exact) mass is 383 g/mol. The highest BCUT2D eigenvalue weighted by Gasteiger charge is 2.15. The molecular weight excluding hydrogens is 373 g/mol. The number of hydrogen-bond donors (Lipinski definition) is 1. The first-order chi connectivity index (χ1) is 11.5. The minimum atomic E-state index is -0.349. The van der Waals surface area contributed by atoms with Crippen molar-refractivity contribution in [2.45, 2.75) is 6.54 Å². The number of nitrogens with one attached hydrogen (secondary N) is 1. The summed E-state index contributed by atoms with van der Waals surface area (Å²) in [5, 5.41) is 12.3. The zero-order valence-electron chi connectivity index (χ0n) is 12.5. The summed E-state index contributed by atoms with van der Waals surface area (Å²) in [7, 11) is 1.68. The highest BCUT2D eigenvalue weighted by molar-refractivity contribution is 6.36. The number of aromatic nitrogens is 4. The highest BCUT2D eigenvalue weighted by Crippen LogP contribution is 2.27. The van der Waals surface area contributed by atoms with Gasteiger partial charge in [0, 0.05) is 35.1 Å². The third kappa shape index (κ3) is 3.40. The zero-order chi connectivity index (χ0) is 17.3. The lowest BCUT2D eigenvalue weighted by atomic mass is 10.2. The number of benzene rings is 1. The van der Waals surface area contributed by atoms with E-state index in [0.29, 0.717) is 27.3 Å². The van der Waals surface area contributed by atoms with Gasteiger partial charge in [-0.15, -0.1) is 0 Å². The molecule has 24 heavy (non-hydrogen) atoms. The van der Waals surface area contributed by atoms with Crippen LogP contribution >= 0.6 is 34.8 Å². The fraction of sp³-hybridized carbons (Fsp3) is 0.133. The second kappa shape index (κ2) is 6.84. The standard InChI is InChI=1S/C15H12Cl3N5O/c1-22-13(5-6-19-22)15(24)20-14-12(18)8-23(21-14)7-9-10(16)3-2-4-11(9)17/h2-6,8H,7H2,1H3,(H,20,21,24). The maximum atomic E-state index is 12.2. The van der Waals surface area contributed by atoms with Gasteiger partial charge in [-0.2, -0.15) is 10.2 Å². The molecule has 0 aliphatic rings. The van der Waals surface area contributed by atoms with E-state index in [0.717, 1.165) is 5.56 Å². The van der Waals surface area contributed by atoms with Gasteiger partial charge in [0.15, 0.2) is 5.82 Å². The van der Waals surface area contributed by atoms with Crippen LogP contribution in [0.15, 0.2) is 36.7 Å². The van der Waals surface area contributed by atoms with E-state index in [2.05, 4.69) is 15.5 Å². The first-order valence-corrected chi connectivity index (χ1v) is 8.04. The third-order valence-electron chi connectivity index (χ3n) is 3.38. The number of carbonyl (C=O) groups is 1. The normalized spacial score (nSPS) is 10.8. The molecule has 0 bridgehead atoms. The van der Waals surface area contributed by atoms with Gasteiger partial charge in [-0.3, -0.25) is 14.2 Å². The van der Waals surface area contributed by atoms with Gasteiger partial charge in [0.05, 0.1) is 6.54 Å². The van der Waals surface area contributed by atoms with Crippen LogP contribution in [-0.4, -0.2) is 25.5 Å². The maximum absolute atomic E-state index is 12.2. The first kappa shape index (κ1) is 16.8. The number of halogens is 3. The Balaban J connectivity index is 1.81. The van der Waals surface area contributed by atoms with Crippen LogP contribution in [0.5, 0.6) is 0 Å². The molecule has 0 atom stereocenters. The molecule has 6 nitrogen and oxygen atoms in total. The van der Waals surface area contributed by atoms with E-state index in [4.69, 9.17) is 34.8 Å². The van der Waals surface area contributed by atoms with Crippen LogP contribution < -0.4 is 5.32 Å². The van der Waals surface area contributed by atoms with Crippen molar-refractivity contribution in [1.82, 2.24) is 19.6 Å². The fourth-order valence-corrected chi connectivity index (χ4v) is 2.89. The maximum Gasteiger partial charge on any atom is 0.275 e. The fourth-order valence-electron chi connectivity index (χ4n) is 2.18. The Hall–Kier alpha value is -2.02. The van der Waals surface area contributed by atoms with Crippen LogP contribution in [0.3, 0.4) is 0 Å². The molecule has 124 valence electrons. The van der Waals surface area contributed by atoms with E-state index in [1.54, 1.807) is 42.2 Å². The quantitative estimate of drug-likeness (QED) is 0.742. The zero-order valence-corrected chi connectivity index (χ0v) is 14.8. The van der Waals surface area contributed by atoms with Gasteiger partial charge >= 0.3 is 0 Å². The Kier molecular flexibility index (Phi) is 4.80. The average Bonchev–Trinajstić information content (AvgIpc) is 3.09. The Bertz CT molecular complexity index is 882. The molecule has 1 aromatic carbocycles. The lowest BCUT2D eigenvalue weighted by Gasteiger charge is -2.07. The highest BCUT2D eigenvalue weighted by atomic mass is 35.5. The summed E-state index contributed by atoms with van der Waals surface area (Å²) >= 11 is 18.5. The van der Waals surface area contributed by atoms with E-state index < -0.39 is 0 Å². The molecule has 0 unspecified atom stereocenters. The van der Waals surface area contributed by atoms with Crippen LogP contribution in [-0.2, 0) is 13.6 Å². The summed E-state index contributed by atoms with van der Waals surface area (Å²) in [6.07, 6.45) is 3.13. The molecule has 1 N–H and O–H groups in total. The van der Waals surface area contributed by atoms with E-state index in [1.165, 1.54) is 10.9 Å². The molecule has 0 saturated heterocycles. The molecule has 0 radical (unpaired) electrons. The van der Waals surface area contributed by atoms with Crippen molar-refractivity contribution in [1.29, 1.82) is 0 Å². The van der Waals surface area contributed by atoms with Crippen molar-refractivity contribution in [3.05, 3.63) is 63.0 Å². The second-order valence-corrected chi connectivity index (χ2v) is 6.24. The van der Waals surface area contributed by atoms with E-state index >= 15 is 0 Å². The SMILES string of the molecule is Cn1nccc1C(=O)Nc1nn(Cc2c(Cl)cccc2Cl)cc1Cl. The summed E-state index contributed by atoms with van der Waals surface area (Å²) in [5.74, 6) is -0.0935. The smallest absolute Gasteiger partial charge is 0.275 e. The van der Waals surface area contributed by atoms with E-state index in [1.807, 2.05) is 0 Å². The number of aryl methyl sites for hydroxylation is 1. The summed E-state index contributed by atoms with van der Waals surface area (Å²) in [4.78, 5) is 12.2. The van der Waals surface area contributed by atoms with Crippen LogP contribution in [0, 0.1) is 0 Å². The second-order valence-electron chi connectivity index (χ2n) is 5.02. The van der Waals surface area contributed by atoms with Crippen LogP contribution in [0.1, 0.15) is 16.1 Å². The van der Waals surface area contributed by atoms with Crippen molar-refractivity contribution in [2.75, 3.05) is 5.32 Å². The summed E-state index contributed by atoms with van der Waals surface area (Å²) < 4.78 is 3.03. The number of rotatable bonds is 4. The number of hydrogen-bond acceptors (Lipinski definition) is 3.